The van der Waals surface area contributed by atoms with Gasteiger partial charge in [0, 0.05) is 25.8 Å². The summed E-state index contributed by atoms with van der Waals surface area (Å²) < 4.78 is 2.72. The van der Waals surface area contributed by atoms with E-state index in [1.807, 2.05) is 6.92 Å². The number of nitrogens with two attached hydrogens (primary N) is 1. The lowest BCUT2D eigenvalue weighted by atomic mass is 10.4. The lowest BCUT2D eigenvalue weighted by molar-refractivity contribution is 0.316. The van der Waals surface area contributed by atoms with E-state index in [4.69, 9.17) is 5.73 Å². The second-order valence-electron chi connectivity index (χ2n) is 4.66. The highest BCUT2D eigenvalue weighted by Gasteiger charge is 2.13. The minimum absolute atomic E-state index is 0.137. The van der Waals surface area contributed by atoms with Crippen LogP contribution in [0.1, 0.15) is 19.8 Å². The highest BCUT2D eigenvalue weighted by Crippen LogP contribution is 2.06. The average Bonchev–Trinajstić information content (AvgIpc) is 2.87. The predicted molar refractivity (Wildman–Crippen MR) is 70.7 cm³/mol. The monoisotopic (exact) mass is 252 g/mol. The van der Waals surface area contributed by atoms with Crippen molar-refractivity contribution in [3.63, 3.8) is 0 Å². The summed E-state index contributed by atoms with van der Waals surface area (Å²) in [5.41, 5.74) is 5.14. The summed E-state index contributed by atoms with van der Waals surface area (Å²) in [5.74, 6) is 0. The SMILES string of the molecule is CCn1cc(N)c(=O)n(CCN2CCCC2)c1=O. The Bertz CT molecular complexity index is 526. The molecule has 18 heavy (non-hydrogen) atoms. The van der Waals surface area contributed by atoms with Crippen molar-refractivity contribution in [3.8, 4) is 0 Å². The van der Waals surface area contributed by atoms with E-state index >= 15 is 0 Å². The molecule has 2 heterocycles. The van der Waals surface area contributed by atoms with Gasteiger partial charge in [-0.2, -0.15) is 0 Å². The van der Waals surface area contributed by atoms with Crippen LogP contribution in [0.4, 0.5) is 5.69 Å². The predicted octanol–water partition coefficient (Wildman–Crippen LogP) is -0.292. The van der Waals surface area contributed by atoms with Gasteiger partial charge >= 0.3 is 5.69 Å². The first kappa shape index (κ1) is 12.9. The molecule has 2 rings (SSSR count). The van der Waals surface area contributed by atoms with Gasteiger partial charge in [-0.25, -0.2) is 4.79 Å². The fourth-order valence-corrected chi connectivity index (χ4v) is 2.35. The van der Waals surface area contributed by atoms with Crippen molar-refractivity contribution >= 4 is 5.69 Å². The Hall–Kier alpha value is -1.56. The Morgan fingerprint density at radius 1 is 1.22 bits per heavy atom. The molecule has 0 atom stereocenters. The maximum atomic E-state index is 12.0. The largest absolute Gasteiger partial charge is 0.393 e. The molecular weight excluding hydrogens is 232 g/mol. The Balaban J connectivity index is 2.23. The fourth-order valence-electron chi connectivity index (χ4n) is 2.35. The summed E-state index contributed by atoms with van der Waals surface area (Å²) in [4.78, 5) is 26.2. The van der Waals surface area contributed by atoms with Crippen molar-refractivity contribution in [2.75, 3.05) is 25.4 Å². The van der Waals surface area contributed by atoms with Crippen LogP contribution in [-0.2, 0) is 13.1 Å². The number of hydrogen-bond acceptors (Lipinski definition) is 4. The number of hydrogen-bond donors (Lipinski definition) is 1. The van der Waals surface area contributed by atoms with Crippen LogP contribution in [-0.4, -0.2) is 33.7 Å². The number of nitrogens with zero attached hydrogens (tertiary/aromatic N) is 3. The van der Waals surface area contributed by atoms with Crippen LogP contribution >= 0.6 is 0 Å². The average molecular weight is 252 g/mol. The molecule has 0 aliphatic carbocycles. The molecule has 1 aromatic rings. The highest BCUT2D eigenvalue weighted by molar-refractivity contribution is 5.30. The van der Waals surface area contributed by atoms with Gasteiger partial charge in [0.15, 0.2) is 0 Å². The van der Waals surface area contributed by atoms with Crippen molar-refractivity contribution in [1.82, 2.24) is 14.0 Å². The van der Waals surface area contributed by atoms with Gasteiger partial charge in [0.25, 0.3) is 5.56 Å². The van der Waals surface area contributed by atoms with E-state index in [2.05, 4.69) is 4.90 Å². The first-order chi connectivity index (χ1) is 8.63. The second-order valence-corrected chi connectivity index (χ2v) is 4.66. The molecular formula is C12H20N4O2. The summed E-state index contributed by atoms with van der Waals surface area (Å²) >= 11 is 0. The standard InChI is InChI=1S/C12H20N4O2/c1-2-15-9-10(13)11(17)16(12(15)18)8-7-14-5-3-4-6-14/h9H,2-8,13H2,1H3. The van der Waals surface area contributed by atoms with Crippen LogP contribution in [0.2, 0.25) is 0 Å². The number of anilines is 1. The van der Waals surface area contributed by atoms with Gasteiger partial charge < -0.3 is 10.6 Å². The molecule has 0 unspecified atom stereocenters. The molecule has 1 saturated heterocycles. The number of aromatic nitrogens is 2. The van der Waals surface area contributed by atoms with Crippen LogP contribution in [0, 0.1) is 0 Å². The molecule has 1 fully saturated rings. The number of rotatable bonds is 4. The van der Waals surface area contributed by atoms with Crippen LogP contribution in [0.15, 0.2) is 15.8 Å². The minimum Gasteiger partial charge on any atom is -0.393 e. The first-order valence-electron chi connectivity index (χ1n) is 6.45. The van der Waals surface area contributed by atoms with Gasteiger partial charge in [0.05, 0.1) is 0 Å². The van der Waals surface area contributed by atoms with Crippen molar-refractivity contribution in [1.29, 1.82) is 0 Å². The third kappa shape index (κ3) is 2.48. The van der Waals surface area contributed by atoms with Crippen LogP contribution in [0.25, 0.3) is 0 Å². The number of aryl methyl sites for hydroxylation is 1. The normalized spacial score (nSPS) is 16.3. The quantitative estimate of drug-likeness (QED) is 0.799. The molecule has 2 N–H and O–H groups in total. The Labute approximate surface area is 106 Å². The molecule has 0 bridgehead atoms. The molecule has 1 aliphatic heterocycles. The smallest absolute Gasteiger partial charge is 0.331 e. The summed E-state index contributed by atoms with van der Waals surface area (Å²) in [6.07, 6.45) is 3.83. The van der Waals surface area contributed by atoms with E-state index in [1.165, 1.54) is 28.2 Å². The van der Waals surface area contributed by atoms with Crippen LogP contribution < -0.4 is 17.0 Å². The minimum atomic E-state index is -0.371. The van der Waals surface area contributed by atoms with Crippen molar-refractivity contribution < 1.29 is 0 Å². The zero-order valence-corrected chi connectivity index (χ0v) is 10.8. The third-order valence-electron chi connectivity index (χ3n) is 3.44. The Kier molecular flexibility index (Phi) is 3.86. The zero-order chi connectivity index (χ0) is 13.1. The van der Waals surface area contributed by atoms with E-state index in [0.717, 1.165) is 19.6 Å². The molecule has 0 saturated carbocycles. The molecule has 0 radical (unpaired) electrons. The maximum Gasteiger partial charge on any atom is 0.331 e. The van der Waals surface area contributed by atoms with Crippen molar-refractivity contribution in [2.24, 2.45) is 0 Å². The van der Waals surface area contributed by atoms with Crippen molar-refractivity contribution in [3.05, 3.63) is 27.0 Å². The third-order valence-corrected chi connectivity index (χ3v) is 3.44. The first-order valence-corrected chi connectivity index (χ1v) is 6.45. The zero-order valence-electron chi connectivity index (χ0n) is 10.8. The van der Waals surface area contributed by atoms with Gasteiger partial charge in [-0.15, -0.1) is 0 Å². The van der Waals surface area contributed by atoms with E-state index in [0.29, 0.717) is 13.1 Å². The summed E-state index contributed by atoms with van der Waals surface area (Å²) in [6, 6.07) is 0. The summed E-state index contributed by atoms with van der Waals surface area (Å²) in [7, 11) is 0. The van der Waals surface area contributed by atoms with Gasteiger partial charge in [-0.05, 0) is 32.9 Å². The van der Waals surface area contributed by atoms with Gasteiger partial charge in [-0.3, -0.25) is 13.9 Å². The van der Waals surface area contributed by atoms with Crippen LogP contribution in [0.3, 0.4) is 0 Å². The van der Waals surface area contributed by atoms with Gasteiger partial charge in [-0.1, -0.05) is 0 Å². The molecule has 0 spiro atoms. The van der Waals surface area contributed by atoms with Crippen molar-refractivity contribution in [2.45, 2.75) is 32.9 Å². The molecule has 0 aromatic carbocycles. The summed E-state index contributed by atoms with van der Waals surface area (Å²) in [6.45, 7) is 5.65. The van der Waals surface area contributed by atoms with E-state index in [9.17, 15) is 9.59 Å². The second kappa shape index (κ2) is 5.39. The Morgan fingerprint density at radius 2 is 1.89 bits per heavy atom. The highest BCUT2D eigenvalue weighted by atomic mass is 16.2. The molecule has 6 nitrogen and oxygen atoms in total. The molecule has 0 amide bonds. The van der Waals surface area contributed by atoms with E-state index in [1.54, 1.807) is 0 Å². The summed E-state index contributed by atoms with van der Waals surface area (Å²) in [5, 5.41) is 0. The molecule has 1 aliphatic rings. The number of nitrogen functional groups attached to an aromatic ring is 1. The Morgan fingerprint density at radius 3 is 2.50 bits per heavy atom. The lowest BCUT2D eigenvalue weighted by Crippen LogP contribution is -2.42. The van der Waals surface area contributed by atoms with E-state index in [-0.39, 0.29) is 16.9 Å². The maximum absolute atomic E-state index is 12.0. The molecule has 100 valence electrons. The van der Waals surface area contributed by atoms with Crippen LogP contribution in [0.5, 0.6) is 0 Å². The lowest BCUT2D eigenvalue weighted by Gasteiger charge is -2.16. The molecule has 6 heteroatoms. The number of likely N-dealkylation sites (tertiary alicyclic amines) is 1. The molecule has 1 aromatic heterocycles. The fraction of sp³-hybridized carbons (Fsp3) is 0.667. The topological polar surface area (TPSA) is 73.3 Å². The van der Waals surface area contributed by atoms with Gasteiger partial charge in [0.1, 0.15) is 5.69 Å². The van der Waals surface area contributed by atoms with Gasteiger partial charge in [0.2, 0.25) is 0 Å². The van der Waals surface area contributed by atoms with E-state index < -0.39 is 0 Å².